The van der Waals surface area contributed by atoms with Gasteiger partial charge in [-0.3, -0.25) is 14.6 Å². The van der Waals surface area contributed by atoms with Gasteiger partial charge in [-0.05, 0) is 47.5 Å². The van der Waals surface area contributed by atoms with E-state index in [4.69, 9.17) is 9.47 Å². The Kier molecular flexibility index (Phi) is 4.82. The fraction of sp³-hybridized carbons (Fsp3) is 0.125. The first-order valence-electron chi connectivity index (χ1n) is 9.86. The maximum absolute atomic E-state index is 14.1. The van der Waals surface area contributed by atoms with Gasteiger partial charge >= 0.3 is 0 Å². The standard InChI is InChI=1S/C24H17FN2O5/c25-17-5-1-4-15(9-17)21-20(22(28)16-6-7-18-19(10-16)32-13-31-18)23(29)24(30)27(21)12-14-3-2-8-26-11-14/h1-11,21,28H,12-13H2/t21-/m1/s1. The van der Waals surface area contributed by atoms with Crippen LogP contribution in [0.5, 0.6) is 11.5 Å². The second-order valence-corrected chi connectivity index (χ2v) is 7.41. The van der Waals surface area contributed by atoms with Gasteiger partial charge in [-0.2, -0.15) is 0 Å². The molecule has 1 saturated heterocycles. The summed E-state index contributed by atoms with van der Waals surface area (Å²) < 4.78 is 24.7. The first kappa shape index (κ1) is 19.7. The summed E-state index contributed by atoms with van der Waals surface area (Å²) in [6, 6.07) is 12.9. The maximum atomic E-state index is 14.1. The molecule has 0 spiro atoms. The molecule has 32 heavy (non-hydrogen) atoms. The van der Waals surface area contributed by atoms with Crippen molar-refractivity contribution in [3.63, 3.8) is 0 Å². The Morgan fingerprint density at radius 2 is 1.94 bits per heavy atom. The fourth-order valence-corrected chi connectivity index (χ4v) is 3.95. The predicted octanol–water partition coefficient (Wildman–Crippen LogP) is 3.57. The molecule has 2 aliphatic rings. The number of carbonyl (C=O) groups is 2. The summed E-state index contributed by atoms with van der Waals surface area (Å²) in [6.45, 7) is 0.121. The second-order valence-electron chi connectivity index (χ2n) is 7.41. The third-order valence-corrected chi connectivity index (χ3v) is 5.43. The lowest BCUT2D eigenvalue weighted by atomic mass is 9.95. The second kappa shape index (κ2) is 7.81. The van der Waals surface area contributed by atoms with Crippen LogP contribution in [0, 0.1) is 5.82 Å². The van der Waals surface area contributed by atoms with E-state index in [0.717, 1.165) is 0 Å². The first-order valence-corrected chi connectivity index (χ1v) is 9.86. The number of likely N-dealkylation sites (tertiary alicyclic amines) is 1. The number of nitrogens with zero attached hydrogens (tertiary/aromatic N) is 2. The zero-order valence-corrected chi connectivity index (χ0v) is 16.7. The predicted molar refractivity (Wildman–Crippen MR) is 111 cm³/mol. The van der Waals surface area contributed by atoms with E-state index in [1.54, 1.807) is 42.7 Å². The van der Waals surface area contributed by atoms with Gasteiger partial charge in [0.2, 0.25) is 6.79 Å². The Balaban J connectivity index is 1.65. The van der Waals surface area contributed by atoms with E-state index in [1.165, 1.54) is 29.2 Å². The normalized spacial score (nSPS) is 18.9. The minimum absolute atomic E-state index is 0.0539. The number of hydrogen-bond acceptors (Lipinski definition) is 6. The number of rotatable bonds is 4. The zero-order chi connectivity index (χ0) is 22.2. The maximum Gasteiger partial charge on any atom is 0.295 e. The van der Waals surface area contributed by atoms with Crippen molar-refractivity contribution in [1.82, 2.24) is 9.88 Å². The van der Waals surface area contributed by atoms with Gasteiger partial charge in [0.25, 0.3) is 11.7 Å². The highest BCUT2D eigenvalue weighted by Gasteiger charge is 2.46. The number of fused-ring (bicyclic) bond motifs is 1. The molecule has 1 N–H and O–H groups in total. The summed E-state index contributed by atoms with van der Waals surface area (Å²) in [5.74, 6) is -1.59. The molecular weight excluding hydrogens is 415 g/mol. The van der Waals surface area contributed by atoms with Gasteiger partial charge in [0.1, 0.15) is 11.6 Å². The molecule has 1 fully saturated rings. The molecule has 1 atom stereocenters. The molecule has 0 unspecified atom stereocenters. The van der Waals surface area contributed by atoms with E-state index in [-0.39, 0.29) is 30.2 Å². The number of halogens is 1. The van der Waals surface area contributed by atoms with Gasteiger partial charge in [-0.1, -0.05) is 18.2 Å². The van der Waals surface area contributed by atoms with Crippen molar-refractivity contribution in [2.45, 2.75) is 12.6 Å². The summed E-state index contributed by atoms with van der Waals surface area (Å²) in [7, 11) is 0. The molecule has 0 bridgehead atoms. The third kappa shape index (κ3) is 3.35. The van der Waals surface area contributed by atoms with Gasteiger partial charge in [0, 0.05) is 24.5 Å². The summed E-state index contributed by atoms with van der Waals surface area (Å²) >= 11 is 0. The topological polar surface area (TPSA) is 89.0 Å². The smallest absolute Gasteiger partial charge is 0.295 e. The van der Waals surface area contributed by atoms with Crippen LogP contribution >= 0.6 is 0 Å². The molecule has 1 aromatic heterocycles. The number of ketones is 1. The van der Waals surface area contributed by atoms with Crippen molar-refractivity contribution in [3.8, 4) is 11.5 Å². The van der Waals surface area contributed by atoms with Crippen molar-refractivity contribution in [2.24, 2.45) is 0 Å². The number of Topliss-reactive ketones (excluding diaryl/α,β-unsaturated/α-hetero) is 1. The molecule has 3 aromatic rings. The van der Waals surface area contributed by atoms with Crippen LogP contribution < -0.4 is 9.47 Å². The van der Waals surface area contributed by atoms with E-state index in [2.05, 4.69) is 4.98 Å². The lowest BCUT2D eigenvalue weighted by Crippen LogP contribution is -2.29. The third-order valence-electron chi connectivity index (χ3n) is 5.43. The van der Waals surface area contributed by atoms with Gasteiger partial charge in [0.05, 0.1) is 11.6 Å². The van der Waals surface area contributed by atoms with E-state index in [0.29, 0.717) is 22.6 Å². The molecular formula is C24H17FN2O5. The van der Waals surface area contributed by atoms with Crippen molar-refractivity contribution >= 4 is 17.4 Å². The number of aliphatic hydroxyl groups is 1. The van der Waals surface area contributed by atoms with Crippen LogP contribution in [0.3, 0.4) is 0 Å². The van der Waals surface area contributed by atoms with Crippen LogP contribution in [-0.2, 0) is 16.1 Å². The van der Waals surface area contributed by atoms with E-state index < -0.39 is 23.5 Å². The Bertz CT molecular complexity index is 1260. The van der Waals surface area contributed by atoms with Gasteiger partial charge in [-0.25, -0.2) is 4.39 Å². The Hall–Kier alpha value is -4.20. The Morgan fingerprint density at radius 3 is 2.72 bits per heavy atom. The van der Waals surface area contributed by atoms with Crippen LogP contribution in [0.1, 0.15) is 22.7 Å². The first-order chi connectivity index (χ1) is 15.5. The quantitative estimate of drug-likeness (QED) is 0.385. The Labute approximate surface area is 182 Å². The highest BCUT2D eigenvalue weighted by Crippen LogP contribution is 2.42. The van der Waals surface area contributed by atoms with Crippen LogP contribution in [-0.4, -0.2) is 33.5 Å². The van der Waals surface area contributed by atoms with Gasteiger partial charge in [0.15, 0.2) is 11.5 Å². The number of aromatic nitrogens is 1. The zero-order valence-electron chi connectivity index (χ0n) is 16.7. The minimum atomic E-state index is -0.976. The van der Waals surface area contributed by atoms with Crippen molar-refractivity contribution in [2.75, 3.05) is 6.79 Å². The average molecular weight is 432 g/mol. The summed E-state index contributed by atoms with van der Waals surface area (Å²) in [5.41, 5.74) is 1.23. The monoisotopic (exact) mass is 432 g/mol. The molecule has 0 aliphatic carbocycles. The molecule has 2 aromatic carbocycles. The van der Waals surface area contributed by atoms with Gasteiger partial charge < -0.3 is 19.5 Å². The number of ether oxygens (including phenoxy) is 2. The number of amides is 1. The molecule has 0 saturated carbocycles. The highest BCUT2D eigenvalue weighted by molar-refractivity contribution is 6.46. The lowest BCUT2D eigenvalue weighted by Gasteiger charge is -2.25. The molecule has 1 amide bonds. The van der Waals surface area contributed by atoms with Crippen LogP contribution in [0.4, 0.5) is 4.39 Å². The van der Waals surface area contributed by atoms with E-state index in [1.807, 2.05) is 0 Å². The molecule has 2 aliphatic heterocycles. The molecule has 160 valence electrons. The van der Waals surface area contributed by atoms with Crippen LogP contribution in [0.2, 0.25) is 0 Å². The fourth-order valence-electron chi connectivity index (χ4n) is 3.95. The van der Waals surface area contributed by atoms with Crippen LogP contribution in [0.25, 0.3) is 5.76 Å². The number of aliphatic hydroxyl groups excluding tert-OH is 1. The average Bonchev–Trinajstić information content (AvgIpc) is 3.37. The van der Waals surface area contributed by atoms with Crippen LogP contribution in [0.15, 0.2) is 72.6 Å². The number of pyridine rings is 1. The molecule has 5 rings (SSSR count). The number of carbonyl (C=O) groups excluding carboxylic acids is 2. The van der Waals surface area contributed by atoms with Gasteiger partial charge in [-0.15, -0.1) is 0 Å². The number of benzene rings is 2. The van der Waals surface area contributed by atoms with Crippen molar-refractivity contribution in [3.05, 3.63) is 95.1 Å². The molecule has 3 heterocycles. The van der Waals surface area contributed by atoms with Crippen molar-refractivity contribution < 1.29 is 28.6 Å². The van der Waals surface area contributed by atoms with E-state index >= 15 is 0 Å². The largest absolute Gasteiger partial charge is 0.507 e. The summed E-state index contributed by atoms with van der Waals surface area (Å²) in [4.78, 5) is 31.4. The highest BCUT2D eigenvalue weighted by atomic mass is 19.1. The lowest BCUT2D eigenvalue weighted by molar-refractivity contribution is -0.140. The molecule has 8 heteroatoms. The van der Waals surface area contributed by atoms with E-state index in [9.17, 15) is 19.1 Å². The SMILES string of the molecule is O=C1C(=O)N(Cc2cccnc2)[C@H](c2cccc(F)c2)C1=C(O)c1ccc2c(c1)OCO2. The number of hydrogen-bond donors (Lipinski definition) is 1. The summed E-state index contributed by atoms with van der Waals surface area (Å²) in [6.07, 6.45) is 3.18. The molecule has 0 radical (unpaired) electrons. The summed E-state index contributed by atoms with van der Waals surface area (Å²) in [5, 5.41) is 11.1. The molecule has 7 nitrogen and oxygen atoms in total. The Morgan fingerprint density at radius 1 is 1.09 bits per heavy atom. The minimum Gasteiger partial charge on any atom is -0.507 e. The van der Waals surface area contributed by atoms with Crippen molar-refractivity contribution in [1.29, 1.82) is 0 Å².